The van der Waals surface area contributed by atoms with E-state index >= 15 is 0 Å². The van der Waals surface area contributed by atoms with Gasteiger partial charge in [0, 0.05) is 25.2 Å². The van der Waals surface area contributed by atoms with Crippen molar-refractivity contribution in [1.29, 1.82) is 5.41 Å². The molecular weight excluding hydrogens is 124 g/mol. The molecule has 0 radical (unpaired) electrons. The van der Waals surface area contributed by atoms with Crippen LogP contribution in [0.5, 0.6) is 0 Å². The highest BCUT2D eigenvalue weighted by Crippen LogP contribution is 2.07. The fourth-order valence-corrected chi connectivity index (χ4v) is 0.795. The van der Waals surface area contributed by atoms with Crippen molar-refractivity contribution in [2.45, 2.75) is 0 Å². The second kappa shape index (κ2) is 3.01. The van der Waals surface area contributed by atoms with Crippen molar-refractivity contribution < 1.29 is 0 Å². The van der Waals surface area contributed by atoms with Crippen molar-refractivity contribution in [1.82, 2.24) is 4.90 Å². The van der Waals surface area contributed by atoms with E-state index in [1.807, 2.05) is 36.4 Å². The Morgan fingerprint density at radius 3 is 2.90 bits per heavy atom. The van der Waals surface area contributed by atoms with Crippen LogP contribution in [-0.2, 0) is 0 Å². The van der Waals surface area contributed by atoms with Crippen molar-refractivity contribution in [3.8, 4) is 0 Å². The Morgan fingerprint density at radius 2 is 2.30 bits per heavy atom. The second-order valence-electron chi connectivity index (χ2n) is 2.07. The minimum Gasteiger partial charge on any atom is -0.351 e. The molecule has 1 aliphatic heterocycles. The molecule has 2 nitrogen and oxygen atoms in total. The fraction of sp³-hybridized carbons (Fsp3) is 0.125. The average Bonchev–Trinajstić information content (AvgIpc) is 1.94. The first kappa shape index (κ1) is 6.81. The number of likely N-dealkylation sites (N-methyl/N-ethyl adjacent to an activating group) is 1. The molecule has 0 aromatic rings. The molecule has 2 heteroatoms. The predicted octanol–water partition coefficient (Wildman–Crippen LogP) is 1.54. The van der Waals surface area contributed by atoms with E-state index < -0.39 is 0 Å². The van der Waals surface area contributed by atoms with Gasteiger partial charge in [-0.3, -0.25) is 0 Å². The van der Waals surface area contributed by atoms with Gasteiger partial charge in [-0.15, -0.1) is 0 Å². The normalized spacial score (nSPS) is 20.1. The van der Waals surface area contributed by atoms with Gasteiger partial charge in [0.1, 0.15) is 0 Å². The van der Waals surface area contributed by atoms with Crippen LogP contribution in [0.1, 0.15) is 0 Å². The highest BCUT2D eigenvalue weighted by Gasteiger charge is 1.97. The third kappa shape index (κ3) is 1.35. The molecule has 1 rings (SSSR count). The highest BCUT2D eigenvalue weighted by molar-refractivity contribution is 5.69. The quantitative estimate of drug-likeness (QED) is 0.541. The molecule has 0 fully saturated rings. The van der Waals surface area contributed by atoms with Crippen molar-refractivity contribution in [2.75, 3.05) is 7.05 Å². The zero-order valence-electron chi connectivity index (χ0n) is 5.91. The zero-order valence-corrected chi connectivity index (χ0v) is 5.91. The smallest absolute Gasteiger partial charge is 0.0418 e. The molecule has 0 saturated carbocycles. The molecule has 1 N–H and O–H groups in total. The maximum absolute atomic E-state index is 6.84. The third-order valence-electron chi connectivity index (χ3n) is 1.35. The predicted molar refractivity (Wildman–Crippen MR) is 42.9 cm³/mol. The van der Waals surface area contributed by atoms with Gasteiger partial charge in [-0.1, -0.05) is 6.08 Å². The number of hydrogen-bond acceptors (Lipinski definition) is 2. The Morgan fingerprint density at radius 1 is 1.50 bits per heavy atom. The number of allylic oxidation sites excluding steroid dienone is 4. The largest absolute Gasteiger partial charge is 0.351 e. The Bertz CT molecular complexity index is 211. The standard InChI is InChI=1S/C8H10N2/c1-10-7-3-2-4-8(10)5-6-9/h2-7,9H,1H3/b8-5-,9-6?. The van der Waals surface area contributed by atoms with Gasteiger partial charge in [0.15, 0.2) is 0 Å². The van der Waals surface area contributed by atoms with Gasteiger partial charge in [-0.2, -0.15) is 0 Å². The van der Waals surface area contributed by atoms with Crippen molar-refractivity contribution in [2.24, 2.45) is 0 Å². The molecule has 0 aromatic carbocycles. The van der Waals surface area contributed by atoms with Crippen LogP contribution >= 0.6 is 0 Å². The van der Waals surface area contributed by atoms with Crippen LogP contribution in [0.3, 0.4) is 0 Å². The number of nitrogens with zero attached hydrogens (tertiary/aromatic N) is 1. The van der Waals surface area contributed by atoms with Crippen LogP contribution in [0, 0.1) is 5.41 Å². The van der Waals surface area contributed by atoms with Crippen LogP contribution in [0.25, 0.3) is 0 Å². The minimum atomic E-state index is 1.04. The first-order chi connectivity index (χ1) is 4.84. The van der Waals surface area contributed by atoms with E-state index in [2.05, 4.69) is 0 Å². The fourth-order valence-electron chi connectivity index (χ4n) is 0.795. The highest BCUT2D eigenvalue weighted by atomic mass is 15.1. The number of hydrogen-bond donors (Lipinski definition) is 1. The van der Waals surface area contributed by atoms with Gasteiger partial charge in [-0.25, -0.2) is 0 Å². The monoisotopic (exact) mass is 134 g/mol. The van der Waals surface area contributed by atoms with Crippen molar-refractivity contribution in [3.05, 3.63) is 36.2 Å². The number of nitrogens with one attached hydrogen (secondary N) is 1. The van der Waals surface area contributed by atoms with E-state index in [0.29, 0.717) is 0 Å². The van der Waals surface area contributed by atoms with Crippen LogP contribution in [-0.4, -0.2) is 18.2 Å². The van der Waals surface area contributed by atoms with E-state index in [1.54, 1.807) is 6.08 Å². The molecule has 1 aliphatic rings. The van der Waals surface area contributed by atoms with Crippen LogP contribution in [0.15, 0.2) is 36.2 Å². The van der Waals surface area contributed by atoms with E-state index in [4.69, 9.17) is 5.41 Å². The minimum absolute atomic E-state index is 1.04. The summed E-state index contributed by atoms with van der Waals surface area (Å²) in [4.78, 5) is 1.96. The molecule has 0 aromatic heterocycles. The topological polar surface area (TPSA) is 27.1 Å². The Kier molecular flexibility index (Phi) is 2.05. The maximum Gasteiger partial charge on any atom is 0.0418 e. The zero-order chi connectivity index (χ0) is 7.40. The molecular formula is C8H10N2. The molecule has 0 unspecified atom stereocenters. The number of rotatable bonds is 1. The Labute approximate surface area is 60.7 Å². The second-order valence-corrected chi connectivity index (χ2v) is 2.07. The van der Waals surface area contributed by atoms with Gasteiger partial charge in [-0.05, 0) is 18.2 Å². The van der Waals surface area contributed by atoms with Gasteiger partial charge >= 0.3 is 0 Å². The van der Waals surface area contributed by atoms with E-state index in [-0.39, 0.29) is 0 Å². The lowest BCUT2D eigenvalue weighted by atomic mass is 10.3. The van der Waals surface area contributed by atoms with Crippen LogP contribution in [0.2, 0.25) is 0 Å². The van der Waals surface area contributed by atoms with E-state index in [9.17, 15) is 0 Å². The van der Waals surface area contributed by atoms with Crippen LogP contribution in [0.4, 0.5) is 0 Å². The summed E-state index contributed by atoms with van der Waals surface area (Å²) in [6.07, 6.45) is 10.9. The van der Waals surface area contributed by atoms with Gasteiger partial charge in [0.05, 0.1) is 0 Å². The molecule has 10 heavy (non-hydrogen) atoms. The lowest BCUT2D eigenvalue weighted by Crippen LogP contribution is -2.10. The molecule has 0 bridgehead atoms. The van der Waals surface area contributed by atoms with Crippen molar-refractivity contribution >= 4 is 6.21 Å². The van der Waals surface area contributed by atoms with Crippen LogP contribution < -0.4 is 0 Å². The molecule has 0 saturated heterocycles. The molecule has 1 heterocycles. The maximum atomic E-state index is 6.84. The summed E-state index contributed by atoms with van der Waals surface area (Å²) in [6, 6.07) is 0. The molecule has 0 spiro atoms. The summed E-state index contributed by atoms with van der Waals surface area (Å²) in [7, 11) is 1.95. The summed E-state index contributed by atoms with van der Waals surface area (Å²) in [5, 5.41) is 6.84. The molecule has 0 amide bonds. The molecule has 0 aliphatic carbocycles. The van der Waals surface area contributed by atoms with Gasteiger partial charge in [0.2, 0.25) is 0 Å². The summed E-state index contributed by atoms with van der Waals surface area (Å²) in [5.41, 5.74) is 1.04. The summed E-state index contributed by atoms with van der Waals surface area (Å²) < 4.78 is 0. The third-order valence-corrected chi connectivity index (χ3v) is 1.35. The summed E-state index contributed by atoms with van der Waals surface area (Å²) in [6.45, 7) is 0. The average molecular weight is 134 g/mol. The van der Waals surface area contributed by atoms with Crippen molar-refractivity contribution in [3.63, 3.8) is 0 Å². The van der Waals surface area contributed by atoms with Gasteiger partial charge < -0.3 is 10.3 Å². The van der Waals surface area contributed by atoms with E-state index in [1.165, 1.54) is 6.21 Å². The summed E-state index contributed by atoms with van der Waals surface area (Å²) >= 11 is 0. The SMILES string of the molecule is CN1C=CC=C/C1=C/C=N. The molecule has 0 atom stereocenters. The Balaban J connectivity index is 2.79. The van der Waals surface area contributed by atoms with E-state index in [0.717, 1.165) is 5.70 Å². The lowest BCUT2D eigenvalue weighted by Gasteiger charge is -2.16. The lowest BCUT2D eigenvalue weighted by molar-refractivity contribution is 0.585. The summed E-state index contributed by atoms with van der Waals surface area (Å²) in [5.74, 6) is 0. The first-order valence-corrected chi connectivity index (χ1v) is 3.13. The van der Waals surface area contributed by atoms with Gasteiger partial charge in [0.25, 0.3) is 0 Å². The molecule has 52 valence electrons. The Hall–Kier alpha value is -1.31. The first-order valence-electron chi connectivity index (χ1n) is 3.13.